The zero-order chi connectivity index (χ0) is 17.9. The SMILES string of the molecule is CC(OC(=O)c1ccc(Cl)c(N)c1)C(=O)Nc1cc(Cl)ccc1Cl. The van der Waals surface area contributed by atoms with Crippen molar-refractivity contribution in [2.45, 2.75) is 13.0 Å². The Morgan fingerprint density at radius 1 is 1.08 bits per heavy atom. The number of nitrogen functional groups attached to an aromatic ring is 1. The predicted octanol–water partition coefficient (Wildman–Crippen LogP) is 4.41. The Labute approximate surface area is 153 Å². The van der Waals surface area contributed by atoms with E-state index in [1.54, 1.807) is 12.1 Å². The molecule has 0 spiro atoms. The van der Waals surface area contributed by atoms with E-state index >= 15 is 0 Å². The first kappa shape index (κ1) is 18.4. The standard InChI is InChI=1S/C16H13Cl3N2O3/c1-8(15(22)21-14-7-10(17)3-5-12(14)19)24-16(23)9-2-4-11(18)13(20)6-9/h2-8H,20H2,1H3,(H,21,22). The van der Waals surface area contributed by atoms with Gasteiger partial charge in [0.1, 0.15) is 0 Å². The number of hydrogen-bond donors (Lipinski definition) is 2. The molecule has 8 heteroatoms. The van der Waals surface area contributed by atoms with Gasteiger partial charge in [-0.05, 0) is 43.3 Å². The van der Waals surface area contributed by atoms with Crippen molar-refractivity contribution < 1.29 is 14.3 Å². The van der Waals surface area contributed by atoms with Crippen LogP contribution in [0.25, 0.3) is 0 Å². The van der Waals surface area contributed by atoms with Gasteiger partial charge in [0.15, 0.2) is 6.10 Å². The maximum absolute atomic E-state index is 12.1. The molecule has 2 aromatic carbocycles. The molecule has 3 N–H and O–H groups in total. The van der Waals surface area contributed by atoms with Crippen molar-refractivity contribution in [1.29, 1.82) is 0 Å². The van der Waals surface area contributed by atoms with Gasteiger partial charge < -0.3 is 15.8 Å². The Kier molecular flexibility index (Phi) is 5.94. The maximum atomic E-state index is 12.1. The molecular weight excluding hydrogens is 375 g/mol. The summed E-state index contributed by atoms with van der Waals surface area (Å²) in [5, 5.41) is 3.61. The maximum Gasteiger partial charge on any atom is 0.338 e. The number of halogens is 3. The molecular formula is C16H13Cl3N2O3. The van der Waals surface area contributed by atoms with E-state index in [1.165, 1.54) is 31.2 Å². The van der Waals surface area contributed by atoms with Crippen molar-refractivity contribution in [3.63, 3.8) is 0 Å². The number of esters is 1. The normalized spacial score (nSPS) is 11.7. The molecule has 0 aliphatic carbocycles. The van der Waals surface area contributed by atoms with Gasteiger partial charge in [0.25, 0.3) is 5.91 Å². The summed E-state index contributed by atoms with van der Waals surface area (Å²) < 4.78 is 5.11. The van der Waals surface area contributed by atoms with Crippen LogP contribution in [0.1, 0.15) is 17.3 Å². The average Bonchev–Trinajstić information content (AvgIpc) is 2.53. The first-order valence-corrected chi connectivity index (χ1v) is 7.93. The molecule has 0 saturated carbocycles. The minimum Gasteiger partial charge on any atom is -0.449 e. The number of nitrogens with one attached hydrogen (secondary N) is 1. The van der Waals surface area contributed by atoms with E-state index < -0.39 is 18.0 Å². The molecule has 1 amide bonds. The molecule has 0 aliphatic heterocycles. The van der Waals surface area contributed by atoms with Crippen molar-refractivity contribution in [2.75, 3.05) is 11.1 Å². The second kappa shape index (κ2) is 7.75. The van der Waals surface area contributed by atoms with E-state index in [4.69, 9.17) is 45.3 Å². The van der Waals surface area contributed by atoms with E-state index in [1.807, 2.05) is 0 Å². The van der Waals surface area contributed by atoms with Crippen molar-refractivity contribution in [2.24, 2.45) is 0 Å². The summed E-state index contributed by atoms with van der Waals surface area (Å²) in [6, 6.07) is 8.95. The highest BCUT2D eigenvalue weighted by atomic mass is 35.5. The Morgan fingerprint density at radius 2 is 1.75 bits per heavy atom. The summed E-state index contributed by atoms with van der Waals surface area (Å²) >= 11 is 17.6. The van der Waals surface area contributed by atoms with Crippen molar-refractivity contribution >= 4 is 58.1 Å². The molecule has 126 valence electrons. The lowest BCUT2D eigenvalue weighted by Gasteiger charge is -2.14. The molecule has 0 aromatic heterocycles. The third-order valence-electron chi connectivity index (χ3n) is 3.07. The largest absolute Gasteiger partial charge is 0.449 e. The quantitative estimate of drug-likeness (QED) is 0.601. The van der Waals surface area contributed by atoms with Gasteiger partial charge in [0.2, 0.25) is 0 Å². The van der Waals surface area contributed by atoms with E-state index in [0.717, 1.165) is 0 Å². The Bertz CT molecular complexity index is 796. The monoisotopic (exact) mass is 386 g/mol. The van der Waals surface area contributed by atoms with Crippen LogP contribution in [0, 0.1) is 0 Å². The number of ether oxygens (including phenoxy) is 1. The molecule has 1 atom stereocenters. The molecule has 2 aromatic rings. The Balaban J connectivity index is 2.04. The van der Waals surface area contributed by atoms with Crippen LogP contribution in [0.15, 0.2) is 36.4 Å². The van der Waals surface area contributed by atoms with Crippen LogP contribution < -0.4 is 11.1 Å². The third kappa shape index (κ3) is 4.54. The smallest absolute Gasteiger partial charge is 0.338 e. The van der Waals surface area contributed by atoms with E-state index in [2.05, 4.69) is 5.32 Å². The van der Waals surface area contributed by atoms with Gasteiger partial charge in [-0.3, -0.25) is 4.79 Å². The Hall–Kier alpha value is -1.95. The highest BCUT2D eigenvalue weighted by Gasteiger charge is 2.20. The first-order chi connectivity index (χ1) is 11.3. The molecule has 0 bridgehead atoms. The molecule has 0 heterocycles. The van der Waals surface area contributed by atoms with Crippen LogP contribution >= 0.6 is 34.8 Å². The summed E-state index contributed by atoms with van der Waals surface area (Å²) in [7, 11) is 0. The molecule has 0 fully saturated rings. The minimum atomic E-state index is -1.05. The number of nitrogens with two attached hydrogens (primary N) is 1. The van der Waals surface area contributed by atoms with E-state index in [-0.39, 0.29) is 11.3 Å². The van der Waals surface area contributed by atoms with Gasteiger partial charge in [-0.2, -0.15) is 0 Å². The first-order valence-electron chi connectivity index (χ1n) is 6.80. The lowest BCUT2D eigenvalue weighted by molar-refractivity contribution is -0.123. The van der Waals surface area contributed by atoms with Crippen LogP contribution in [0.2, 0.25) is 15.1 Å². The van der Waals surface area contributed by atoms with Crippen LogP contribution in [0.4, 0.5) is 11.4 Å². The highest BCUT2D eigenvalue weighted by molar-refractivity contribution is 6.35. The molecule has 24 heavy (non-hydrogen) atoms. The number of hydrogen-bond acceptors (Lipinski definition) is 4. The second-order valence-electron chi connectivity index (χ2n) is 4.90. The molecule has 1 unspecified atom stereocenters. The van der Waals surface area contributed by atoms with Crippen molar-refractivity contribution in [3.05, 3.63) is 57.0 Å². The number of rotatable bonds is 4. The van der Waals surface area contributed by atoms with Gasteiger partial charge in [-0.15, -0.1) is 0 Å². The second-order valence-corrected chi connectivity index (χ2v) is 6.15. The molecule has 0 saturated heterocycles. The number of carbonyl (C=O) groups excluding carboxylic acids is 2. The number of benzene rings is 2. The fourth-order valence-electron chi connectivity index (χ4n) is 1.78. The lowest BCUT2D eigenvalue weighted by atomic mass is 10.2. The van der Waals surface area contributed by atoms with E-state index in [0.29, 0.717) is 20.8 Å². The van der Waals surface area contributed by atoms with Gasteiger partial charge in [0, 0.05) is 5.02 Å². The number of amides is 1. The zero-order valence-corrected chi connectivity index (χ0v) is 14.7. The fourth-order valence-corrected chi connectivity index (χ4v) is 2.23. The summed E-state index contributed by atoms with van der Waals surface area (Å²) in [4.78, 5) is 24.2. The van der Waals surface area contributed by atoms with Crippen LogP contribution in [0.5, 0.6) is 0 Å². The lowest BCUT2D eigenvalue weighted by Crippen LogP contribution is -2.30. The number of anilines is 2. The molecule has 0 aliphatic rings. The van der Waals surface area contributed by atoms with Gasteiger partial charge in [-0.25, -0.2) is 4.79 Å². The highest BCUT2D eigenvalue weighted by Crippen LogP contribution is 2.26. The van der Waals surface area contributed by atoms with Crippen LogP contribution in [-0.2, 0) is 9.53 Å². The minimum absolute atomic E-state index is 0.192. The fraction of sp³-hybridized carbons (Fsp3) is 0.125. The van der Waals surface area contributed by atoms with Gasteiger partial charge in [-0.1, -0.05) is 34.8 Å². The van der Waals surface area contributed by atoms with Gasteiger partial charge >= 0.3 is 5.97 Å². The number of carbonyl (C=O) groups is 2. The molecule has 0 radical (unpaired) electrons. The predicted molar refractivity (Wildman–Crippen MR) is 95.8 cm³/mol. The van der Waals surface area contributed by atoms with Crippen LogP contribution in [0.3, 0.4) is 0 Å². The summed E-state index contributed by atoms with van der Waals surface area (Å²) in [6.45, 7) is 1.44. The molecule has 2 rings (SSSR count). The third-order valence-corrected chi connectivity index (χ3v) is 3.98. The average molecular weight is 388 g/mol. The summed E-state index contributed by atoms with van der Waals surface area (Å²) in [5.74, 6) is -1.24. The van der Waals surface area contributed by atoms with E-state index in [9.17, 15) is 9.59 Å². The van der Waals surface area contributed by atoms with Gasteiger partial charge in [0.05, 0.1) is 27.0 Å². The van der Waals surface area contributed by atoms with Crippen molar-refractivity contribution in [3.8, 4) is 0 Å². The summed E-state index contributed by atoms with van der Waals surface area (Å²) in [5.41, 5.74) is 6.40. The topological polar surface area (TPSA) is 81.4 Å². The Morgan fingerprint density at radius 3 is 2.42 bits per heavy atom. The summed E-state index contributed by atoms with van der Waals surface area (Å²) in [6.07, 6.45) is -1.05. The van der Waals surface area contributed by atoms with Crippen LogP contribution in [-0.4, -0.2) is 18.0 Å². The van der Waals surface area contributed by atoms with Crippen molar-refractivity contribution in [1.82, 2.24) is 0 Å². The molecule has 5 nitrogen and oxygen atoms in total. The zero-order valence-electron chi connectivity index (χ0n) is 12.5.